The number of nitrogens with zero attached hydrogens (tertiary/aromatic N) is 1. The second-order valence-electron chi connectivity index (χ2n) is 6.60. The van der Waals surface area contributed by atoms with Crippen LogP contribution in [0.3, 0.4) is 0 Å². The first-order chi connectivity index (χ1) is 12.6. The molecule has 0 amide bonds. The lowest BCUT2D eigenvalue weighted by Crippen LogP contribution is -2.42. The fraction of sp³-hybridized carbons (Fsp3) is 0.389. The molecule has 0 aliphatic carbocycles. The van der Waals surface area contributed by atoms with Crippen LogP contribution in [0.1, 0.15) is 20.8 Å². The first-order valence-corrected chi connectivity index (χ1v) is 8.89. The largest absolute Gasteiger partial charge is 0.490 e. The van der Waals surface area contributed by atoms with Crippen molar-refractivity contribution in [2.45, 2.75) is 32.4 Å². The van der Waals surface area contributed by atoms with Gasteiger partial charge >= 0.3 is 11.9 Å². The number of fused-ring (bicyclic) bond motifs is 1. The molecule has 2 aromatic rings. The van der Waals surface area contributed by atoms with Gasteiger partial charge in [0.25, 0.3) is 0 Å². The van der Waals surface area contributed by atoms with Crippen LogP contribution in [0.4, 0.5) is 0 Å². The van der Waals surface area contributed by atoms with E-state index in [2.05, 4.69) is 30.5 Å². The highest BCUT2D eigenvalue weighted by molar-refractivity contribution is 7.13. The van der Waals surface area contributed by atoms with E-state index < -0.39 is 18.0 Å². The molecule has 2 rings (SSSR count). The highest BCUT2D eigenvalue weighted by Gasteiger charge is 2.13. The predicted molar refractivity (Wildman–Crippen MR) is 103 cm³/mol. The molecule has 0 fully saturated rings. The van der Waals surface area contributed by atoms with Gasteiger partial charge in [-0.15, -0.1) is 0 Å². The fourth-order valence-electron chi connectivity index (χ4n) is 1.80. The molecule has 0 radical (unpaired) electrons. The van der Waals surface area contributed by atoms with Crippen LogP contribution in [-0.4, -0.2) is 56.4 Å². The Labute approximate surface area is 161 Å². The Hall–Kier alpha value is -2.49. The minimum atomic E-state index is -1.26. The van der Waals surface area contributed by atoms with E-state index in [1.165, 1.54) is 11.5 Å². The molecule has 0 saturated heterocycles. The van der Waals surface area contributed by atoms with Crippen LogP contribution in [0.2, 0.25) is 0 Å². The third-order valence-electron chi connectivity index (χ3n) is 3.03. The quantitative estimate of drug-likeness (QED) is 0.524. The molecule has 0 saturated carbocycles. The summed E-state index contributed by atoms with van der Waals surface area (Å²) in [5, 5.41) is 29.8. The molecule has 1 aromatic heterocycles. The van der Waals surface area contributed by atoms with Crippen LogP contribution in [0, 0.1) is 0 Å². The highest BCUT2D eigenvalue weighted by atomic mass is 32.1. The van der Waals surface area contributed by atoms with Crippen molar-refractivity contribution in [2.24, 2.45) is 0 Å². The Morgan fingerprint density at radius 3 is 2.44 bits per heavy atom. The van der Waals surface area contributed by atoms with Crippen molar-refractivity contribution < 1.29 is 29.6 Å². The van der Waals surface area contributed by atoms with Gasteiger partial charge in [0.2, 0.25) is 0 Å². The molecule has 1 unspecified atom stereocenters. The van der Waals surface area contributed by atoms with Gasteiger partial charge in [0, 0.05) is 24.2 Å². The van der Waals surface area contributed by atoms with Gasteiger partial charge in [-0.1, -0.05) is 6.07 Å². The number of rotatable bonds is 7. The van der Waals surface area contributed by atoms with E-state index in [-0.39, 0.29) is 12.1 Å². The molecule has 1 atom stereocenters. The average molecular weight is 396 g/mol. The Bertz CT molecular complexity index is 765. The van der Waals surface area contributed by atoms with E-state index in [0.29, 0.717) is 18.7 Å². The number of nitrogens with one attached hydrogen (secondary N) is 1. The summed E-state index contributed by atoms with van der Waals surface area (Å²) < 4.78 is 10.9. The molecular weight excluding hydrogens is 372 g/mol. The summed E-state index contributed by atoms with van der Waals surface area (Å²) in [5.41, 5.74) is -0.00171. The van der Waals surface area contributed by atoms with Crippen LogP contribution in [0.15, 0.2) is 36.5 Å². The Morgan fingerprint density at radius 1 is 1.26 bits per heavy atom. The monoisotopic (exact) mass is 396 g/mol. The molecule has 1 aromatic carbocycles. The number of aliphatic hydroxyl groups is 1. The minimum absolute atomic E-state index is 0.00171. The molecule has 0 spiro atoms. The van der Waals surface area contributed by atoms with Gasteiger partial charge in [0.05, 0.1) is 16.3 Å². The van der Waals surface area contributed by atoms with E-state index in [1.807, 2.05) is 18.2 Å². The summed E-state index contributed by atoms with van der Waals surface area (Å²) >= 11 is 1.44. The van der Waals surface area contributed by atoms with Crippen LogP contribution in [0.25, 0.3) is 10.1 Å². The van der Waals surface area contributed by atoms with E-state index in [0.717, 1.165) is 15.8 Å². The molecule has 0 aliphatic rings. The number of aromatic nitrogens is 1. The number of carboxylic acids is 2. The van der Waals surface area contributed by atoms with E-state index in [4.69, 9.17) is 14.9 Å². The second-order valence-corrected chi connectivity index (χ2v) is 7.43. The number of carbonyl (C=O) groups is 2. The van der Waals surface area contributed by atoms with Gasteiger partial charge in [0.15, 0.2) is 0 Å². The fourth-order valence-corrected chi connectivity index (χ4v) is 2.47. The molecule has 1 heterocycles. The molecule has 0 bridgehead atoms. The standard InChI is InChI=1S/C14H20N2O2S.C4H4O4/c1-14(2,3)15-7-10(17)9-18-12-5-4-6-13-11(12)8-16-19-13;5-3(6)1-2-4(7)8/h4-6,8,10,15,17H,7,9H2,1-3H3;1-2H,(H,5,6)(H,7,8)/b;2-1-. The smallest absolute Gasteiger partial charge is 0.328 e. The predicted octanol–water partition coefficient (Wildman–Crippen LogP) is 2.14. The molecule has 9 heteroatoms. The van der Waals surface area contributed by atoms with Crippen molar-refractivity contribution >= 4 is 33.6 Å². The lowest BCUT2D eigenvalue weighted by Gasteiger charge is -2.23. The van der Waals surface area contributed by atoms with E-state index >= 15 is 0 Å². The van der Waals surface area contributed by atoms with Crippen LogP contribution < -0.4 is 10.1 Å². The molecule has 8 nitrogen and oxygen atoms in total. The molecular formula is C18H24N2O6S. The van der Waals surface area contributed by atoms with Crippen molar-refractivity contribution in [1.82, 2.24) is 9.69 Å². The van der Waals surface area contributed by atoms with Gasteiger partial charge in [-0.2, -0.15) is 4.37 Å². The maximum absolute atomic E-state index is 9.90. The second kappa shape index (κ2) is 10.6. The average Bonchev–Trinajstić information content (AvgIpc) is 3.05. The van der Waals surface area contributed by atoms with Crippen molar-refractivity contribution in [3.8, 4) is 5.75 Å². The molecule has 27 heavy (non-hydrogen) atoms. The third-order valence-corrected chi connectivity index (χ3v) is 3.79. The van der Waals surface area contributed by atoms with Gasteiger partial charge in [0.1, 0.15) is 18.5 Å². The number of β-amino-alcohol motifs (C(OH)–C–C–N with tert-alkyl or cyclic N) is 1. The van der Waals surface area contributed by atoms with Crippen molar-refractivity contribution in [3.05, 3.63) is 36.5 Å². The number of aliphatic carboxylic acids is 2. The number of ether oxygens (including phenoxy) is 1. The SMILES string of the molecule is CC(C)(C)NCC(O)COc1cccc2sncc12.O=C(O)/C=C\C(=O)O. The van der Waals surface area contributed by atoms with Crippen LogP contribution >= 0.6 is 11.5 Å². The number of hydrogen-bond acceptors (Lipinski definition) is 7. The van der Waals surface area contributed by atoms with Crippen LogP contribution in [-0.2, 0) is 9.59 Å². The molecule has 4 N–H and O–H groups in total. The lowest BCUT2D eigenvalue weighted by molar-refractivity contribution is -0.134. The molecule has 0 aliphatic heterocycles. The highest BCUT2D eigenvalue weighted by Crippen LogP contribution is 2.27. The maximum atomic E-state index is 9.90. The number of carboxylic acid groups (broad SMARTS) is 2. The van der Waals surface area contributed by atoms with E-state index in [9.17, 15) is 14.7 Å². The van der Waals surface area contributed by atoms with Gasteiger partial charge < -0.3 is 25.4 Å². The summed E-state index contributed by atoms with van der Waals surface area (Å²) in [6, 6.07) is 5.85. The zero-order valence-corrected chi connectivity index (χ0v) is 16.2. The zero-order valence-electron chi connectivity index (χ0n) is 15.4. The maximum Gasteiger partial charge on any atom is 0.328 e. The van der Waals surface area contributed by atoms with Crippen molar-refractivity contribution in [1.29, 1.82) is 0 Å². The Balaban J connectivity index is 0.000000387. The Kier molecular flexibility index (Phi) is 8.86. The number of aliphatic hydroxyl groups excluding tert-OH is 1. The van der Waals surface area contributed by atoms with Crippen LogP contribution in [0.5, 0.6) is 5.75 Å². The third kappa shape index (κ3) is 9.69. The summed E-state index contributed by atoms with van der Waals surface area (Å²) in [4.78, 5) is 19.1. The minimum Gasteiger partial charge on any atom is -0.490 e. The molecule has 148 valence electrons. The van der Waals surface area contributed by atoms with Gasteiger partial charge in [-0.05, 0) is 44.4 Å². The summed E-state index contributed by atoms with van der Waals surface area (Å²) in [7, 11) is 0. The van der Waals surface area contributed by atoms with Gasteiger partial charge in [-0.25, -0.2) is 9.59 Å². The first kappa shape index (κ1) is 22.6. The van der Waals surface area contributed by atoms with Gasteiger partial charge in [-0.3, -0.25) is 0 Å². The zero-order chi connectivity index (χ0) is 20.4. The lowest BCUT2D eigenvalue weighted by atomic mass is 10.1. The summed E-state index contributed by atoms with van der Waals surface area (Å²) in [6.07, 6.45) is 2.39. The van der Waals surface area contributed by atoms with E-state index in [1.54, 1.807) is 6.20 Å². The number of hydrogen-bond donors (Lipinski definition) is 4. The number of benzene rings is 1. The normalized spacial score (nSPS) is 12.4. The van der Waals surface area contributed by atoms with Crippen molar-refractivity contribution in [2.75, 3.05) is 13.2 Å². The Morgan fingerprint density at radius 2 is 1.89 bits per heavy atom. The topological polar surface area (TPSA) is 129 Å². The summed E-state index contributed by atoms with van der Waals surface area (Å²) in [6.45, 7) is 6.99. The summed E-state index contributed by atoms with van der Waals surface area (Å²) in [5.74, 6) is -1.74. The van der Waals surface area contributed by atoms with Crippen molar-refractivity contribution in [3.63, 3.8) is 0 Å². The first-order valence-electron chi connectivity index (χ1n) is 8.11.